The van der Waals surface area contributed by atoms with E-state index >= 15 is 0 Å². The Morgan fingerprint density at radius 3 is 2.50 bits per heavy atom. The maximum atomic E-state index is 9.99. The van der Waals surface area contributed by atoms with E-state index in [-0.39, 0.29) is 5.97 Å². The molecule has 0 radical (unpaired) electrons. The molecule has 0 saturated heterocycles. The third kappa shape index (κ3) is 2.34. The van der Waals surface area contributed by atoms with Gasteiger partial charge in [-0.25, -0.2) is 0 Å². The summed E-state index contributed by atoms with van der Waals surface area (Å²) in [5, 5.41) is 0.594. The molecule has 0 atom stereocenters. The summed E-state index contributed by atoms with van der Waals surface area (Å²) in [6.45, 7) is 0. The van der Waals surface area contributed by atoms with Gasteiger partial charge in [0.05, 0.1) is 0 Å². The molecule has 0 fully saturated rings. The van der Waals surface area contributed by atoms with Gasteiger partial charge >= 0.3 is 45.9 Å². The zero-order chi connectivity index (χ0) is 4.99. The molecule has 0 unspecified atom stereocenters. The first-order valence-corrected chi connectivity index (χ1v) is 3.77. The van der Waals surface area contributed by atoms with Gasteiger partial charge in [0.25, 0.3) is 0 Å². The molecule has 0 aliphatic carbocycles. The zero-order valence-corrected chi connectivity index (χ0v) is 6.70. The van der Waals surface area contributed by atoms with Gasteiger partial charge in [0.1, 0.15) is 0 Å². The van der Waals surface area contributed by atoms with Crippen LogP contribution in [0.5, 0.6) is 0 Å². The molecule has 0 aromatic rings. The van der Waals surface area contributed by atoms with Crippen molar-refractivity contribution in [1.82, 2.24) is 0 Å². The summed E-state index contributed by atoms with van der Waals surface area (Å²) in [6.07, 6.45) is 0. The van der Waals surface area contributed by atoms with Crippen molar-refractivity contribution in [3.63, 3.8) is 0 Å². The van der Waals surface area contributed by atoms with E-state index in [0.717, 1.165) is 18.3 Å². The summed E-state index contributed by atoms with van der Waals surface area (Å²) in [7, 11) is 1.40. The number of rotatable bonds is 1. The first kappa shape index (κ1) is 6.09. The molecule has 2 nitrogen and oxygen atoms in total. The van der Waals surface area contributed by atoms with E-state index in [0.29, 0.717) is 5.02 Å². The molecular formula is C3H5O2Zn. The molecule has 3 heteroatoms. The van der Waals surface area contributed by atoms with Crippen LogP contribution in [0.1, 0.15) is 0 Å². The van der Waals surface area contributed by atoms with Gasteiger partial charge in [-0.1, -0.05) is 0 Å². The number of carbonyl (C=O) groups is 1. The van der Waals surface area contributed by atoms with Crippen LogP contribution in [0.2, 0.25) is 5.02 Å². The van der Waals surface area contributed by atoms with Crippen LogP contribution in [0.25, 0.3) is 0 Å². The molecule has 0 amide bonds. The fourth-order valence-corrected chi connectivity index (χ4v) is 0.530. The Kier molecular flexibility index (Phi) is 3.34. The van der Waals surface area contributed by atoms with Gasteiger partial charge in [0.2, 0.25) is 0 Å². The Balaban J connectivity index is 2.99. The molecule has 0 saturated carbocycles. The van der Waals surface area contributed by atoms with E-state index < -0.39 is 0 Å². The average Bonchev–Trinajstić information content (AvgIpc) is 1.65. The van der Waals surface area contributed by atoms with Crippen LogP contribution in [0, 0.1) is 0 Å². The normalized spacial score (nSPS) is 7.83. The van der Waals surface area contributed by atoms with Gasteiger partial charge in [-0.2, -0.15) is 0 Å². The van der Waals surface area contributed by atoms with Crippen molar-refractivity contribution in [2.75, 3.05) is 7.11 Å². The Morgan fingerprint density at radius 2 is 2.50 bits per heavy atom. The van der Waals surface area contributed by atoms with Crippen molar-refractivity contribution in [2.24, 2.45) is 0 Å². The summed E-state index contributed by atoms with van der Waals surface area (Å²) < 4.78 is 4.29. The number of ether oxygens (including phenoxy) is 1. The predicted molar refractivity (Wildman–Crippen MR) is 16.8 cm³/mol. The van der Waals surface area contributed by atoms with E-state index in [1.165, 1.54) is 7.11 Å². The Hall–Kier alpha value is 0.0934. The fourth-order valence-electron chi connectivity index (χ4n) is 0.102. The SMILES string of the molecule is COC(=O)[CH2][Zn]. The van der Waals surface area contributed by atoms with Crippen LogP contribution in [0.15, 0.2) is 0 Å². The first-order valence-electron chi connectivity index (χ1n) is 1.67. The van der Waals surface area contributed by atoms with Gasteiger partial charge in [0.15, 0.2) is 0 Å². The van der Waals surface area contributed by atoms with E-state index in [1.54, 1.807) is 0 Å². The molecule has 0 heterocycles. The summed E-state index contributed by atoms with van der Waals surface area (Å²) >= 11 is 0.993. The van der Waals surface area contributed by atoms with Crippen LogP contribution in [0.4, 0.5) is 0 Å². The van der Waals surface area contributed by atoms with Crippen molar-refractivity contribution in [2.45, 2.75) is 5.02 Å². The second kappa shape index (κ2) is 3.29. The van der Waals surface area contributed by atoms with Crippen molar-refractivity contribution in [1.29, 1.82) is 0 Å². The number of esters is 1. The Morgan fingerprint density at radius 1 is 2.00 bits per heavy atom. The van der Waals surface area contributed by atoms with Crippen molar-refractivity contribution < 1.29 is 27.8 Å². The van der Waals surface area contributed by atoms with Crippen LogP contribution >= 0.6 is 0 Å². The summed E-state index contributed by atoms with van der Waals surface area (Å²) in [5.41, 5.74) is 0. The molecule has 0 bridgehead atoms. The van der Waals surface area contributed by atoms with Gasteiger partial charge < -0.3 is 0 Å². The van der Waals surface area contributed by atoms with E-state index in [9.17, 15) is 4.79 Å². The van der Waals surface area contributed by atoms with Crippen molar-refractivity contribution in [3.8, 4) is 0 Å². The number of hydrogen-bond acceptors (Lipinski definition) is 2. The topological polar surface area (TPSA) is 26.3 Å². The van der Waals surface area contributed by atoms with Crippen molar-refractivity contribution >= 4 is 5.97 Å². The molecule has 0 spiro atoms. The molecule has 0 N–H and O–H groups in total. The monoisotopic (exact) mass is 137 g/mol. The Labute approximate surface area is 46.5 Å². The zero-order valence-electron chi connectivity index (χ0n) is 3.73. The molecular weight excluding hydrogens is 133 g/mol. The van der Waals surface area contributed by atoms with Gasteiger partial charge in [-0.15, -0.1) is 0 Å². The van der Waals surface area contributed by atoms with E-state index in [4.69, 9.17) is 0 Å². The minimum absolute atomic E-state index is 0.102. The minimum atomic E-state index is -0.102. The molecule has 6 heavy (non-hydrogen) atoms. The van der Waals surface area contributed by atoms with Gasteiger partial charge in [-0.05, 0) is 0 Å². The molecule has 0 aromatic carbocycles. The van der Waals surface area contributed by atoms with Crippen LogP contribution in [-0.4, -0.2) is 13.1 Å². The fraction of sp³-hybridized carbons (Fsp3) is 0.667. The van der Waals surface area contributed by atoms with Crippen LogP contribution in [-0.2, 0) is 27.8 Å². The second-order valence-corrected chi connectivity index (χ2v) is 1.88. The standard InChI is InChI=1S/C3H5O2.Zn/c1-3(4)5-2;/h1H2,2H3;. The number of hydrogen-bond donors (Lipinski definition) is 0. The van der Waals surface area contributed by atoms with Gasteiger partial charge in [0, 0.05) is 0 Å². The summed E-state index contributed by atoms with van der Waals surface area (Å²) in [5.74, 6) is -0.102. The first-order chi connectivity index (χ1) is 2.81. The maximum absolute atomic E-state index is 9.99. The molecule has 31 valence electrons. The molecule has 0 aliphatic rings. The number of carbonyl (C=O) groups excluding carboxylic acids is 1. The van der Waals surface area contributed by atoms with Crippen LogP contribution in [0.3, 0.4) is 0 Å². The summed E-state index contributed by atoms with van der Waals surface area (Å²) in [4.78, 5) is 9.99. The second-order valence-electron chi connectivity index (χ2n) is 0.826. The third-order valence-electron chi connectivity index (χ3n) is 0.432. The number of methoxy groups -OCH3 is 1. The average molecular weight is 138 g/mol. The molecule has 0 rings (SSSR count). The quantitative estimate of drug-likeness (QED) is 0.380. The Bertz CT molecular complexity index is 46.8. The van der Waals surface area contributed by atoms with Crippen molar-refractivity contribution in [3.05, 3.63) is 0 Å². The van der Waals surface area contributed by atoms with Crippen LogP contribution < -0.4 is 0 Å². The third-order valence-corrected chi connectivity index (χ3v) is 1.29. The summed E-state index contributed by atoms with van der Waals surface area (Å²) in [6, 6.07) is 0. The van der Waals surface area contributed by atoms with Gasteiger partial charge in [-0.3, -0.25) is 0 Å². The molecule has 0 aromatic heterocycles. The molecule has 0 aliphatic heterocycles. The predicted octanol–water partition coefficient (Wildman–Crippen LogP) is 0.124. The van der Waals surface area contributed by atoms with E-state index in [2.05, 4.69) is 4.74 Å². The van der Waals surface area contributed by atoms with E-state index in [1.807, 2.05) is 0 Å².